The molecule has 0 aromatic heterocycles. The fraction of sp³-hybridized carbons (Fsp3) is 0.600. The Morgan fingerprint density at radius 1 is 1.17 bits per heavy atom. The molecule has 100 valence electrons. The van der Waals surface area contributed by atoms with Crippen LogP contribution in [0.4, 0.5) is 0 Å². The molecule has 1 aliphatic carbocycles. The van der Waals surface area contributed by atoms with Gasteiger partial charge in [-0.15, -0.1) is 0 Å². The number of hydrogen-bond acceptors (Lipinski definition) is 3. The lowest BCUT2D eigenvalue weighted by Gasteiger charge is -2.27. The average Bonchev–Trinajstić information content (AvgIpc) is 2.40. The van der Waals surface area contributed by atoms with Crippen LogP contribution in [-0.2, 0) is 6.54 Å². The normalized spacial score (nSPS) is 23.9. The van der Waals surface area contributed by atoms with E-state index >= 15 is 0 Å². The van der Waals surface area contributed by atoms with Crippen molar-refractivity contribution < 1.29 is 4.74 Å². The number of ether oxygens (including phenoxy) is 1. The van der Waals surface area contributed by atoms with E-state index in [1.165, 1.54) is 18.4 Å². The second-order valence-corrected chi connectivity index (χ2v) is 5.07. The minimum Gasteiger partial charge on any atom is -0.494 e. The molecule has 0 saturated heterocycles. The Kier molecular flexibility index (Phi) is 5.02. The molecule has 0 atom stereocenters. The first kappa shape index (κ1) is 13.4. The molecular formula is C15H24N2O. The lowest BCUT2D eigenvalue weighted by Crippen LogP contribution is -2.36. The number of nitrogens with two attached hydrogens (primary N) is 1. The molecule has 1 aromatic carbocycles. The molecule has 3 nitrogen and oxygen atoms in total. The van der Waals surface area contributed by atoms with Crippen LogP contribution in [0, 0.1) is 0 Å². The van der Waals surface area contributed by atoms with E-state index < -0.39 is 0 Å². The predicted molar refractivity (Wildman–Crippen MR) is 74.7 cm³/mol. The van der Waals surface area contributed by atoms with Gasteiger partial charge >= 0.3 is 0 Å². The third-order valence-corrected chi connectivity index (χ3v) is 3.60. The fourth-order valence-corrected chi connectivity index (χ4v) is 2.46. The van der Waals surface area contributed by atoms with E-state index in [2.05, 4.69) is 17.4 Å². The summed E-state index contributed by atoms with van der Waals surface area (Å²) in [5, 5.41) is 3.61. The van der Waals surface area contributed by atoms with Crippen LogP contribution >= 0.6 is 0 Å². The first-order chi connectivity index (χ1) is 8.78. The molecule has 18 heavy (non-hydrogen) atoms. The summed E-state index contributed by atoms with van der Waals surface area (Å²) in [6, 6.07) is 9.40. The van der Waals surface area contributed by atoms with Crippen molar-refractivity contribution in [2.24, 2.45) is 5.73 Å². The maximum atomic E-state index is 5.91. The van der Waals surface area contributed by atoms with E-state index in [0.29, 0.717) is 12.1 Å². The molecule has 0 spiro atoms. The zero-order valence-electron chi connectivity index (χ0n) is 11.2. The minimum absolute atomic E-state index is 0.425. The number of rotatable bonds is 5. The number of nitrogens with one attached hydrogen (secondary N) is 1. The zero-order chi connectivity index (χ0) is 12.8. The summed E-state index contributed by atoms with van der Waals surface area (Å²) in [7, 11) is 0. The minimum atomic E-state index is 0.425. The summed E-state index contributed by atoms with van der Waals surface area (Å²) >= 11 is 0. The van der Waals surface area contributed by atoms with Crippen molar-refractivity contribution in [1.29, 1.82) is 0 Å². The molecule has 1 aliphatic rings. The molecule has 0 aliphatic heterocycles. The molecule has 0 heterocycles. The largest absolute Gasteiger partial charge is 0.494 e. The van der Waals surface area contributed by atoms with Gasteiger partial charge in [-0.2, -0.15) is 0 Å². The van der Waals surface area contributed by atoms with Crippen molar-refractivity contribution >= 4 is 0 Å². The van der Waals surface area contributed by atoms with E-state index in [1.807, 2.05) is 19.1 Å². The Morgan fingerprint density at radius 2 is 1.83 bits per heavy atom. The first-order valence-electron chi connectivity index (χ1n) is 6.98. The highest BCUT2D eigenvalue weighted by Gasteiger charge is 2.17. The summed E-state index contributed by atoms with van der Waals surface area (Å²) in [4.78, 5) is 0. The van der Waals surface area contributed by atoms with Crippen molar-refractivity contribution in [2.75, 3.05) is 6.61 Å². The Hall–Kier alpha value is -1.06. The van der Waals surface area contributed by atoms with E-state index in [0.717, 1.165) is 31.7 Å². The molecule has 0 radical (unpaired) electrons. The van der Waals surface area contributed by atoms with Crippen LogP contribution in [0.3, 0.4) is 0 Å². The summed E-state index contributed by atoms with van der Waals surface area (Å²) in [5.74, 6) is 0.949. The van der Waals surface area contributed by atoms with E-state index in [4.69, 9.17) is 10.5 Å². The number of hydrogen-bond donors (Lipinski definition) is 2. The standard InChI is InChI=1S/C15H24N2O/c1-2-18-15-9-3-12(4-10-15)11-17-14-7-5-13(16)6-8-14/h3-4,9-10,13-14,17H,2,5-8,11,16H2,1H3. The second kappa shape index (κ2) is 6.76. The van der Waals surface area contributed by atoms with Gasteiger partial charge in [0.05, 0.1) is 6.61 Å². The highest BCUT2D eigenvalue weighted by atomic mass is 16.5. The van der Waals surface area contributed by atoms with Crippen LogP contribution in [0.15, 0.2) is 24.3 Å². The summed E-state index contributed by atoms with van der Waals surface area (Å²) in [6.07, 6.45) is 4.72. The number of benzene rings is 1. The highest BCUT2D eigenvalue weighted by molar-refractivity contribution is 5.27. The Labute approximate surface area is 110 Å². The Bertz CT molecular complexity index is 342. The van der Waals surface area contributed by atoms with Crippen LogP contribution in [0.1, 0.15) is 38.2 Å². The van der Waals surface area contributed by atoms with Crippen molar-refractivity contribution in [2.45, 2.75) is 51.2 Å². The van der Waals surface area contributed by atoms with Gasteiger partial charge in [0.15, 0.2) is 0 Å². The van der Waals surface area contributed by atoms with Crippen molar-refractivity contribution in [3.05, 3.63) is 29.8 Å². The lowest BCUT2D eigenvalue weighted by atomic mass is 9.92. The molecular weight excluding hydrogens is 224 g/mol. The van der Waals surface area contributed by atoms with Crippen molar-refractivity contribution in [1.82, 2.24) is 5.32 Å². The van der Waals surface area contributed by atoms with E-state index in [-0.39, 0.29) is 0 Å². The molecule has 1 fully saturated rings. The molecule has 1 saturated carbocycles. The predicted octanol–water partition coefficient (Wildman–Crippen LogP) is 2.44. The van der Waals surface area contributed by atoms with E-state index in [9.17, 15) is 0 Å². The fourth-order valence-electron chi connectivity index (χ4n) is 2.46. The third-order valence-electron chi connectivity index (χ3n) is 3.60. The lowest BCUT2D eigenvalue weighted by molar-refractivity contribution is 0.338. The second-order valence-electron chi connectivity index (χ2n) is 5.07. The van der Waals surface area contributed by atoms with Crippen LogP contribution in [0.25, 0.3) is 0 Å². The van der Waals surface area contributed by atoms with Crippen LogP contribution in [-0.4, -0.2) is 18.7 Å². The van der Waals surface area contributed by atoms with E-state index in [1.54, 1.807) is 0 Å². The van der Waals surface area contributed by atoms with Gasteiger partial charge in [0.2, 0.25) is 0 Å². The molecule has 3 N–H and O–H groups in total. The van der Waals surface area contributed by atoms with Crippen LogP contribution in [0.2, 0.25) is 0 Å². The summed E-state index contributed by atoms with van der Waals surface area (Å²) in [5.41, 5.74) is 7.22. The highest BCUT2D eigenvalue weighted by Crippen LogP contribution is 2.18. The molecule has 2 rings (SSSR count). The third kappa shape index (κ3) is 4.00. The molecule has 0 bridgehead atoms. The Morgan fingerprint density at radius 3 is 2.44 bits per heavy atom. The van der Waals surface area contributed by atoms with Gasteiger partial charge in [-0.3, -0.25) is 0 Å². The van der Waals surface area contributed by atoms with Gasteiger partial charge in [-0.05, 0) is 50.3 Å². The molecule has 0 unspecified atom stereocenters. The zero-order valence-corrected chi connectivity index (χ0v) is 11.2. The summed E-state index contributed by atoms with van der Waals surface area (Å²) < 4.78 is 5.43. The monoisotopic (exact) mass is 248 g/mol. The molecule has 1 aromatic rings. The van der Waals surface area contributed by atoms with Crippen molar-refractivity contribution in [3.8, 4) is 5.75 Å². The van der Waals surface area contributed by atoms with Crippen LogP contribution in [0.5, 0.6) is 5.75 Å². The smallest absolute Gasteiger partial charge is 0.119 e. The van der Waals surface area contributed by atoms with Crippen molar-refractivity contribution in [3.63, 3.8) is 0 Å². The topological polar surface area (TPSA) is 47.3 Å². The van der Waals surface area contributed by atoms with Gasteiger partial charge in [-0.25, -0.2) is 0 Å². The average molecular weight is 248 g/mol. The first-order valence-corrected chi connectivity index (χ1v) is 6.98. The van der Waals surface area contributed by atoms with Gasteiger partial charge < -0.3 is 15.8 Å². The van der Waals surface area contributed by atoms with Gasteiger partial charge in [0.25, 0.3) is 0 Å². The SMILES string of the molecule is CCOc1ccc(CNC2CCC(N)CC2)cc1. The van der Waals surface area contributed by atoms with Crippen LogP contribution < -0.4 is 15.8 Å². The van der Waals surface area contributed by atoms with Gasteiger partial charge in [0.1, 0.15) is 5.75 Å². The van der Waals surface area contributed by atoms with Gasteiger partial charge in [0, 0.05) is 18.6 Å². The van der Waals surface area contributed by atoms with Gasteiger partial charge in [-0.1, -0.05) is 12.1 Å². The Balaban J connectivity index is 1.76. The molecule has 3 heteroatoms. The maximum Gasteiger partial charge on any atom is 0.119 e. The summed E-state index contributed by atoms with van der Waals surface area (Å²) in [6.45, 7) is 3.66. The molecule has 0 amide bonds. The quantitative estimate of drug-likeness (QED) is 0.841. The maximum absolute atomic E-state index is 5.91.